The average molecular weight is 293 g/mol. The molecular weight excluding hydrogens is 278 g/mol. The third-order valence-electron chi connectivity index (χ3n) is 3.46. The number of primary amides is 1. The molecule has 0 unspecified atom stereocenters. The van der Waals surface area contributed by atoms with Crippen molar-refractivity contribution in [1.82, 2.24) is 4.98 Å². The van der Waals surface area contributed by atoms with Crippen LogP contribution in [0.25, 0.3) is 10.9 Å². The smallest absolute Gasteiger partial charge is 0.252 e. The monoisotopic (exact) mass is 293 g/mol. The summed E-state index contributed by atoms with van der Waals surface area (Å²) in [6, 6.07) is 14.6. The Morgan fingerprint density at radius 3 is 2.77 bits per heavy atom. The number of hydrogen-bond acceptors (Lipinski definition) is 4. The molecule has 0 saturated heterocycles. The minimum Gasteiger partial charge on any atom is -0.507 e. The standard InChI is InChI=1S/C17H15N3O2/c18-17(22)14-7-6-13(9-15(14)21)20-10-12-4-1-3-11-5-2-8-19-16(11)12/h1-9,20-21H,10H2,(H2,18,22). The van der Waals surface area contributed by atoms with E-state index in [9.17, 15) is 9.90 Å². The van der Waals surface area contributed by atoms with Crippen molar-refractivity contribution in [1.29, 1.82) is 0 Å². The van der Waals surface area contributed by atoms with Gasteiger partial charge in [0.1, 0.15) is 5.75 Å². The predicted octanol–water partition coefficient (Wildman–Crippen LogP) is 2.65. The first-order valence-electron chi connectivity index (χ1n) is 6.84. The summed E-state index contributed by atoms with van der Waals surface area (Å²) in [4.78, 5) is 15.5. The summed E-state index contributed by atoms with van der Waals surface area (Å²) in [6.07, 6.45) is 1.76. The minimum atomic E-state index is -0.651. The van der Waals surface area contributed by atoms with Gasteiger partial charge in [0.15, 0.2) is 0 Å². The first-order valence-corrected chi connectivity index (χ1v) is 6.84. The maximum atomic E-state index is 11.1. The SMILES string of the molecule is NC(=O)c1ccc(NCc2cccc3cccnc23)cc1O. The summed E-state index contributed by atoms with van der Waals surface area (Å²) < 4.78 is 0. The highest BCUT2D eigenvalue weighted by atomic mass is 16.3. The van der Waals surface area contributed by atoms with E-state index in [1.54, 1.807) is 12.3 Å². The van der Waals surface area contributed by atoms with E-state index >= 15 is 0 Å². The molecule has 1 heterocycles. The predicted molar refractivity (Wildman–Crippen MR) is 85.7 cm³/mol. The van der Waals surface area contributed by atoms with Crippen LogP contribution in [0.1, 0.15) is 15.9 Å². The number of aromatic hydroxyl groups is 1. The van der Waals surface area contributed by atoms with Gasteiger partial charge in [-0.3, -0.25) is 9.78 Å². The van der Waals surface area contributed by atoms with Crippen molar-refractivity contribution >= 4 is 22.5 Å². The van der Waals surface area contributed by atoms with Crippen LogP contribution in [0.5, 0.6) is 5.75 Å². The third-order valence-corrected chi connectivity index (χ3v) is 3.46. The van der Waals surface area contributed by atoms with E-state index in [4.69, 9.17) is 5.73 Å². The van der Waals surface area contributed by atoms with E-state index in [0.717, 1.165) is 16.5 Å². The molecule has 110 valence electrons. The number of carbonyl (C=O) groups is 1. The number of anilines is 1. The molecule has 0 aliphatic heterocycles. The van der Waals surface area contributed by atoms with Gasteiger partial charge in [0.2, 0.25) is 0 Å². The zero-order valence-electron chi connectivity index (χ0n) is 11.8. The molecule has 0 spiro atoms. The van der Waals surface area contributed by atoms with Crippen LogP contribution in [0, 0.1) is 0 Å². The van der Waals surface area contributed by atoms with Crippen LogP contribution >= 0.6 is 0 Å². The van der Waals surface area contributed by atoms with Crippen molar-refractivity contribution in [3.8, 4) is 5.75 Å². The van der Waals surface area contributed by atoms with Gasteiger partial charge in [-0.25, -0.2) is 0 Å². The molecule has 3 rings (SSSR count). The normalized spacial score (nSPS) is 10.5. The van der Waals surface area contributed by atoms with Gasteiger partial charge in [0.25, 0.3) is 5.91 Å². The Morgan fingerprint density at radius 1 is 1.18 bits per heavy atom. The number of benzene rings is 2. The maximum Gasteiger partial charge on any atom is 0.252 e. The largest absolute Gasteiger partial charge is 0.507 e. The lowest BCUT2D eigenvalue weighted by molar-refractivity contribution is 0.0998. The number of nitrogens with two attached hydrogens (primary N) is 1. The lowest BCUT2D eigenvalue weighted by Crippen LogP contribution is -2.11. The molecule has 0 aliphatic carbocycles. The number of hydrogen-bond donors (Lipinski definition) is 3. The minimum absolute atomic E-state index is 0.109. The second kappa shape index (κ2) is 5.73. The Morgan fingerprint density at radius 2 is 2.00 bits per heavy atom. The van der Waals surface area contributed by atoms with E-state index in [-0.39, 0.29) is 11.3 Å². The summed E-state index contributed by atoms with van der Waals surface area (Å²) >= 11 is 0. The molecule has 2 aromatic carbocycles. The molecule has 0 atom stereocenters. The Kier molecular flexibility index (Phi) is 3.62. The van der Waals surface area contributed by atoms with Gasteiger partial charge in [0, 0.05) is 29.9 Å². The summed E-state index contributed by atoms with van der Waals surface area (Å²) in [5, 5.41) is 14.1. The number of aromatic nitrogens is 1. The fourth-order valence-electron chi connectivity index (χ4n) is 2.36. The Hall–Kier alpha value is -3.08. The first-order chi connectivity index (χ1) is 10.6. The molecule has 0 saturated carbocycles. The van der Waals surface area contributed by atoms with Gasteiger partial charge in [0.05, 0.1) is 11.1 Å². The Bertz CT molecular complexity index is 841. The number of phenols is 1. The van der Waals surface area contributed by atoms with Crippen molar-refractivity contribution in [2.24, 2.45) is 5.73 Å². The van der Waals surface area contributed by atoms with Gasteiger partial charge in [-0.1, -0.05) is 24.3 Å². The number of amides is 1. The van der Waals surface area contributed by atoms with E-state index < -0.39 is 5.91 Å². The van der Waals surface area contributed by atoms with Crippen LogP contribution < -0.4 is 11.1 Å². The lowest BCUT2D eigenvalue weighted by Gasteiger charge is -2.10. The maximum absolute atomic E-state index is 11.1. The quantitative estimate of drug-likeness (QED) is 0.690. The van der Waals surface area contributed by atoms with Crippen molar-refractivity contribution < 1.29 is 9.90 Å². The number of pyridine rings is 1. The molecule has 0 aliphatic rings. The summed E-state index contributed by atoms with van der Waals surface area (Å²) in [7, 11) is 0. The van der Waals surface area contributed by atoms with Gasteiger partial charge >= 0.3 is 0 Å². The highest BCUT2D eigenvalue weighted by Gasteiger charge is 2.08. The Balaban J connectivity index is 1.82. The highest BCUT2D eigenvalue weighted by Crippen LogP contribution is 2.23. The van der Waals surface area contributed by atoms with Gasteiger partial charge in [-0.05, 0) is 23.8 Å². The van der Waals surface area contributed by atoms with E-state index in [0.29, 0.717) is 12.2 Å². The van der Waals surface area contributed by atoms with E-state index in [2.05, 4.69) is 10.3 Å². The lowest BCUT2D eigenvalue weighted by atomic mass is 10.1. The summed E-state index contributed by atoms with van der Waals surface area (Å²) in [5.74, 6) is -0.782. The second-order valence-corrected chi connectivity index (χ2v) is 4.94. The van der Waals surface area contributed by atoms with Crippen LogP contribution in [0.4, 0.5) is 5.69 Å². The van der Waals surface area contributed by atoms with Crippen molar-refractivity contribution in [2.75, 3.05) is 5.32 Å². The Labute approximate surface area is 127 Å². The number of carbonyl (C=O) groups excluding carboxylic acids is 1. The second-order valence-electron chi connectivity index (χ2n) is 4.94. The molecule has 4 N–H and O–H groups in total. The molecule has 1 amide bonds. The fraction of sp³-hybridized carbons (Fsp3) is 0.0588. The number of fused-ring (bicyclic) bond motifs is 1. The molecule has 5 nitrogen and oxygen atoms in total. The third kappa shape index (κ3) is 2.69. The zero-order valence-corrected chi connectivity index (χ0v) is 11.8. The highest BCUT2D eigenvalue weighted by molar-refractivity contribution is 5.96. The van der Waals surface area contributed by atoms with Crippen LogP contribution in [-0.2, 0) is 6.54 Å². The van der Waals surface area contributed by atoms with E-state index in [1.807, 2.05) is 30.3 Å². The van der Waals surface area contributed by atoms with Crippen LogP contribution in [0.15, 0.2) is 54.7 Å². The number of rotatable bonds is 4. The summed E-state index contributed by atoms with van der Waals surface area (Å²) in [6.45, 7) is 0.559. The van der Waals surface area contributed by atoms with Crippen molar-refractivity contribution in [3.63, 3.8) is 0 Å². The van der Waals surface area contributed by atoms with Gasteiger partial charge in [-0.15, -0.1) is 0 Å². The topological polar surface area (TPSA) is 88.2 Å². The van der Waals surface area contributed by atoms with Gasteiger partial charge < -0.3 is 16.2 Å². The van der Waals surface area contributed by atoms with E-state index in [1.165, 1.54) is 12.1 Å². The van der Waals surface area contributed by atoms with Crippen LogP contribution in [0.3, 0.4) is 0 Å². The molecule has 1 aromatic heterocycles. The van der Waals surface area contributed by atoms with Crippen LogP contribution in [-0.4, -0.2) is 16.0 Å². The fourth-order valence-corrected chi connectivity index (χ4v) is 2.36. The zero-order chi connectivity index (χ0) is 15.5. The number of nitrogens with zero attached hydrogens (tertiary/aromatic N) is 1. The number of nitrogens with one attached hydrogen (secondary N) is 1. The number of para-hydroxylation sites is 1. The molecule has 0 fully saturated rings. The molecule has 0 radical (unpaired) electrons. The van der Waals surface area contributed by atoms with Crippen molar-refractivity contribution in [2.45, 2.75) is 6.54 Å². The molecule has 3 aromatic rings. The molecule has 0 bridgehead atoms. The van der Waals surface area contributed by atoms with Gasteiger partial charge in [-0.2, -0.15) is 0 Å². The average Bonchev–Trinajstić information content (AvgIpc) is 2.52. The van der Waals surface area contributed by atoms with Crippen LogP contribution in [0.2, 0.25) is 0 Å². The molecular formula is C17H15N3O2. The van der Waals surface area contributed by atoms with Crippen molar-refractivity contribution in [3.05, 3.63) is 65.9 Å². The summed E-state index contributed by atoms with van der Waals surface area (Å²) in [5.41, 5.74) is 7.97. The molecule has 22 heavy (non-hydrogen) atoms. The first kappa shape index (κ1) is 13.9. The molecule has 5 heteroatoms.